The van der Waals surface area contributed by atoms with Crippen molar-refractivity contribution >= 4 is 23.1 Å². The van der Waals surface area contributed by atoms with Crippen LogP contribution < -0.4 is 3.96 Å². The lowest BCUT2D eigenvalue weighted by Gasteiger charge is -2.01. The van der Waals surface area contributed by atoms with Crippen molar-refractivity contribution in [3.05, 3.63) is 34.3 Å². The van der Waals surface area contributed by atoms with Crippen molar-refractivity contribution < 1.29 is 3.96 Å². The molecular weight excluding hydrogens is 236 g/mol. The molecule has 2 nitrogen and oxygen atoms in total. The number of hydrogen-bond acceptors (Lipinski definition) is 3. The molecule has 2 aromatic rings. The first kappa shape index (κ1) is 11.7. The van der Waals surface area contributed by atoms with Crippen molar-refractivity contribution in [3.8, 4) is 0 Å². The average Bonchev–Trinajstić information content (AvgIpc) is 2.87. The Hall–Kier alpha value is -0.740. The van der Waals surface area contributed by atoms with Gasteiger partial charge in [-0.2, -0.15) is 4.37 Å². The normalized spacial score (nSPS) is 13.2. The van der Waals surface area contributed by atoms with E-state index in [-0.39, 0.29) is 0 Å². The predicted molar refractivity (Wildman–Crippen MR) is 69.1 cm³/mol. The molecule has 0 amide bonds. The lowest BCUT2D eigenvalue weighted by molar-refractivity contribution is -0.632. The smallest absolute Gasteiger partial charge is 0.187 e. The van der Waals surface area contributed by atoms with E-state index in [2.05, 4.69) is 46.7 Å². The second-order valence-electron chi connectivity index (χ2n) is 4.43. The first-order valence-corrected chi connectivity index (χ1v) is 7.22. The highest BCUT2D eigenvalue weighted by Crippen LogP contribution is 2.17. The number of rotatable bonds is 4. The molecule has 0 N–H and O–H groups in total. The maximum absolute atomic E-state index is 4.39. The highest BCUT2D eigenvalue weighted by atomic mass is 32.1. The van der Waals surface area contributed by atoms with Crippen LogP contribution in [0.3, 0.4) is 0 Å². The van der Waals surface area contributed by atoms with Gasteiger partial charge in [0, 0.05) is 10.9 Å². The molecule has 0 aliphatic heterocycles. The Labute approximate surface area is 105 Å². The summed E-state index contributed by atoms with van der Waals surface area (Å²) in [5, 5.41) is 4.29. The van der Waals surface area contributed by atoms with E-state index in [1.165, 1.54) is 22.8 Å². The fourth-order valence-electron chi connectivity index (χ4n) is 1.58. The summed E-state index contributed by atoms with van der Waals surface area (Å²) in [6, 6.07) is 2.12. The number of hydrogen-bond donors (Lipinski definition) is 0. The van der Waals surface area contributed by atoms with Crippen molar-refractivity contribution in [2.75, 3.05) is 0 Å². The van der Waals surface area contributed by atoms with Crippen LogP contribution in [0.4, 0.5) is 0 Å². The van der Waals surface area contributed by atoms with Crippen molar-refractivity contribution in [1.29, 1.82) is 0 Å². The lowest BCUT2D eigenvalue weighted by atomic mass is 10.1. The van der Waals surface area contributed by atoms with Crippen LogP contribution in [0.25, 0.3) is 0 Å². The van der Waals surface area contributed by atoms with E-state index < -0.39 is 0 Å². The molecule has 2 rings (SSSR count). The Morgan fingerprint density at radius 1 is 1.38 bits per heavy atom. The summed E-state index contributed by atoms with van der Waals surface area (Å²) < 4.78 is 6.69. The molecule has 2 heterocycles. The van der Waals surface area contributed by atoms with Crippen LogP contribution in [0.2, 0.25) is 0 Å². The first-order valence-electron chi connectivity index (χ1n) is 5.55. The number of nitrogens with zero attached hydrogens (tertiary/aromatic N) is 2. The van der Waals surface area contributed by atoms with E-state index in [1.807, 2.05) is 5.38 Å². The Bertz CT molecular complexity index is 432. The van der Waals surface area contributed by atoms with Gasteiger partial charge in [-0.25, -0.2) is 0 Å². The SMILES string of the molecule is CC(C)c1cs[n+](CC(C)c2ccsn2)c1. The minimum atomic E-state index is 0.495. The Morgan fingerprint density at radius 2 is 2.19 bits per heavy atom. The standard InChI is InChI=1S/C12H17N2S2/c1-9(2)11-7-14(16-8-11)6-10(3)12-4-5-15-13-12/h4-5,7-10H,6H2,1-3H3/q+1. The zero-order valence-electron chi connectivity index (χ0n) is 9.88. The zero-order valence-corrected chi connectivity index (χ0v) is 11.5. The third-order valence-corrected chi connectivity index (χ3v) is 4.18. The molecule has 0 aliphatic rings. The summed E-state index contributed by atoms with van der Waals surface area (Å²) in [6.07, 6.45) is 2.26. The van der Waals surface area contributed by atoms with Crippen LogP contribution in [0.1, 0.15) is 43.9 Å². The van der Waals surface area contributed by atoms with Gasteiger partial charge in [0.15, 0.2) is 12.7 Å². The van der Waals surface area contributed by atoms with Gasteiger partial charge in [0.1, 0.15) is 11.5 Å². The third kappa shape index (κ3) is 2.68. The molecule has 16 heavy (non-hydrogen) atoms. The van der Waals surface area contributed by atoms with Gasteiger partial charge in [0.25, 0.3) is 0 Å². The summed E-state index contributed by atoms with van der Waals surface area (Å²) in [5.41, 5.74) is 2.63. The molecule has 0 bridgehead atoms. The molecule has 0 saturated carbocycles. The summed E-state index contributed by atoms with van der Waals surface area (Å²) >= 11 is 3.33. The molecule has 0 aromatic carbocycles. The van der Waals surface area contributed by atoms with Crippen LogP contribution >= 0.6 is 23.1 Å². The topological polar surface area (TPSA) is 16.8 Å². The molecule has 4 heteroatoms. The van der Waals surface area contributed by atoms with Gasteiger partial charge in [0.2, 0.25) is 0 Å². The maximum Gasteiger partial charge on any atom is 0.187 e. The second-order valence-corrected chi connectivity index (χ2v) is 6.01. The van der Waals surface area contributed by atoms with Crippen molar-refractivity contribution in [2.45, 2.75) is 39.2 Å². The third-order valence-electron chi connectivity index (χ3n) is 2.70. The summed E-state index contributed by atoms with van der Waals surface area (Å²) in [4.78, 5) is 0. The van der Waals surface area contributed by atoms with Gasteiger partial charge in [-0.1, -0.05) is 20.8 Å². The molecule has 0 spiro atoms. The number of aromatic nitrogens is 2. The Kier molecular flexibility index (Phi) is 3.71. The molecule has 0 aliphatic carbocycles. The summed E-state index contributed by atoms with van der Waals surface area (Å²) in [6.45, 7) is 7.73. The van der Waals surface area contributed by atoms with Gasteiger partial charge in [-0.3, -0.25) is 0 Å². The van der Waals surface area contributed by atoms with E-state index in [9.17, 15) is 0 Å². The van der Waals surface area contributed by atoms with Crippen LogP contribution in [0.5, 0.6) is 0 Å². The van der Waals surface area contributed by atoms with Gasteiger partial charge >= 0.3 is 0 Å². The van der Waals surface area contributed by atoms with E-state index >= 15 is 0 Å². The van der Waals surface area contributed by atoms with Crippen LogP contribution in [-0.2, 0) is 6.54 Å². The highest BCUT2D eigenvalue weighted by molar-refractivity contribution is 7.03. The second kappa shape index (κ2) is 5.06. The van der Waals surface area contributed by atoms with Crippen LogP contribution in [0, 0.1) is 0 Å². The van der Waals surface area contributed by atoms with Gasteiger partial charge < -0.3 is 0 Å². The molecule has 0 radical (unpaired) electrons. The van der Waals surface area contributed by atoms with Crippen molar-refractivity contribution in [3.63, 3.8) is 0 Å². The molecule has 1 unspecified atom stereocenters. The average molecular weight is 253 g/mol. The molecule has 0 saturated heterocycles. The monoisotopic (exact) mass is 253 g/mol. The largest absolute Gasteiger partial charge is 0.197 e. The quantitative estimate of drug-likeness (QED) is 0.763. The van der Waals surface area contributed by atoms with E-state index in [4.69, 9.17) is 0 Å². The van der Waals surface area contributed by atoms with Crippen molar-refractivity contribution in [2.24, 2.45) is 0 Å². The Balaban J connectivity index is 2.03. The fourth-order valence-corrected chi connectivity index (χ4v) is 3.28. The molecule has 2 aromatic heterocycles. The highest BCUT2D eigenvalue weighted by Gasteiger charge is 2.16. The minimum Gasteiger partial charge on any atom is -0.197 e. The summed E-state index contributed by atoms with van der Waals surface area (Å²) in [7, 11) is 0. The predicted octanol–water partition coefficient (Wildman–Crippen LogP) is 3.42. The van der Waals surface area contributed by atoms with Crippen LogP contribution in [-0.4, -0.2) is 4.37 Å². The van der Waals surface area contributed by atoms with Crippen LogP contribution in [0.15, 0.2) is 23.0 Å². The van der Waals surface area contributed by atoms with E-state index in [1.54, 1.807) is 11.5 Å². The van der Waals surface area contributed by atoms with Gasteiger partial charge in [-0.05, 0) is 23.5 Å². The van der Waals surface area contributed by atoms with E-state index in [0.29, 0.717) is 11.8 Å². The molecular formula is C12H17N2S2+. The lowest BCUT2D eigenvalue weighted by Crippen LogP contribution is -2.31. The van der Waals surface area contributed by atoms with E-state index in [0.717, 1.165) is 6.54 Å². The van der Waals surface area contributed by atoms with Gasteiger partial charge in [-0.15, -0.1) is 3.96 Å². The maximum atomic E-state index is 4.39. The Morgan fingerprint density at radius 3 is 2.75 bits per heavy atom. The van der Waals surface area contributed by atoms with Gasteiger partial charge in [0.05, 0.1) is 17.0 Å². The molecule has 1 atom stereocenters. The fraction of sp³-hybridized carbons (Fsp3) is 0.500. The molecule has 0 fully saturated rings. The first-order chi connectivity index (χ1) is 7.66. The minimum absolute atomic E-state index is 0.495. The summed E-state index contributed by atoms with van der Waals surface area (Å²) in [5.74, 6) is 1.11. The zero-order chi connectivity index (χ0) is 11.5. The van der Waals surface area contributed by atoms with Crippen molar-refractivity contribution in [1.82, 2.24) is 4.37 Å². The molecule has 86 valence electrons.